The molecule has 0 unspecified atom stereocenters. The standard InChI is InChI=1S/C28H39N3O3S/c32-28(29-22-25-11-7-12-26(21-25)23-30-16-5-2-6-17-30)27-14-18-31(19-15-27)35(33,34)20-8-13-24-9-3-1-4-10-24/h1,3-4,7,9-12,21,27H,2,5-6,8,13-20,22-23H2,(H,29,32). The Labute approximate surface area is 210 Å². The van der Waals surface area contributed by atoms with Gasteiger partial charge >= 0.3 is 0 Å². The number of carbonyl (C=O) groups excluding carboxylic acids is 1. The SMILES string of the molecule is O=C(NCc1cccc(CN2CCCCC2)c1)C1CCN(S(=O)(=O)CCCc2ccccc2)CC1. The molecule has 0 atom stereocenters. The van der Waals surface area contributed by atoms with Gasteiger partial charge in [-0.1, -0.05) is 61.0 Å². The number of nitrogens with zero attached hydrogens (tertiary/aromatic N) is 2. The van der Waals surface area contributed by atoms with Gasteiger partial charge < -0.3 is 5.32 Å². The first kappa shape index (κ1) is 25.9. The quantitative estimate of drug-likeness (QED) is 0.539. The van der Waals surface area contributed by atoms with Gasteiger partial charge in [-0.25, -0.2) is 12.7 Å². The number of hydrogen-bond acceptors (Lipinski definition) is 4. The average molecular weight is 498 g/mol. The predicted molar refractivity (Wildman–Crippen MR) is 140 cm³/mol. The second-order valence-corrected chi connectivity index (χ2v) is 12.0. The largest absolute Gasteiger partial charge is 0.352 e. The molecule has 0 saturated carbocycles. The van der Waals surface area contributed by atoms with Crippen LogP contribution in [-0.4, -0.2) is 55.5 Å². The van der Waals surface area contributed by atoms with Gasteiger partial charge in [0.05, 0.1) is 5.75 Å². The third-order valence-corrected chi connectivity index (χ3v) is 9.20. The number of rotatable bonds is 10. The van der Waals surface area contributed by atoms with E-state index in [1.165, 1.54) is 37.9 Å². The third-order valence-electron chi connectivity index (χ3n) is 7.24. The van der Waals surface area contributed by atoms with E-state index in [-0.39, 0.29) is 17.6 Å². The minimum atomic E-state index is -3.28. The lowest BCUT2D eigenvalue weighted by molar-refractivity contribution is -0.126. The highest BCUT2D eigenvalue weighted by molar-refractivity contribution is 7.89. The number of nitrogens with one attached hydrogen (secondary N) is 1. The smallest absolute Gasteiger partial charge is 0.223 e. The summed E-state index contributed by atoms with van der Waals surface area (Å²) >= 11 is 0. The molecular formula is C28H39N3O3S. The summed E-state index contributed by atoms with van der Waals surface area (Å²) in [4.78, 5) is 15.3. The first-order valence-corrected chi connectivity index (χ1v) is 14.7. The van der Waals surface area contributed by atoms with Crippen LogP contribution in [0, 0.1) is 5.92 Å². The number of likely N-dealkylation sites (tertiary alicyclic amines) is 1. The van der Waals surface area contributed by atoms with Crippen molar-refractivity contribution in [3.05, 3.63) is 71.3 Å². The van der Waals surface area contributed by atoms with E-state index >= 15 is 0 Å². The maximum atomic E-state index is 12.8. The van der Waals surface area contributed by atoms with Crippen LogP contribution in [0.2, 0.25) is 0 Å². The number of hydrogen-bond donors (Lipinski definition) is 1. The first-order chi connectivity index (χ1) is 17.0. The van der Waals surface area contributed by atoms with Crippen LogP contribution in [0.3, 0.4) is 0 Å². The fourth-order valence-corrected chi connectivity index (χ4v) is 6.71. The summed E-state index contributed by atoms with van der Waals surface area (Å²) in [7, 11) is -3.28. The van der Waals surface area contributed by atoms with Crippen molar-refractivity contribution in [3.8, 4) is 0 Å². The van der Waals surface area contributed by atoms with Gasteiger partial charge in [0.1, 0.15) is 0 Å². The second kappa shape index (κ2) is 12.7. The lowest BCUT2D eigenvalue weighted by Gasteiger charge is -2.30. The van der Waals surface area contributed by atoms with Gasteiger partial charge in [0.2, 0.25) is 15.9 Å². The molecule has 2 fully saturated rings. The van der Waals surface area contributed by atoms with Crippen molar-refractivity contribution >= 4 is 15.9 Å². The van der Waals surface area contributed by atoms with Crippen molar-refractivity contribution in [1.29, 1.82) is 0 Å². The minimum absolute atomic E-state index is 0.0348. The molecule has 2 aliphatic rings. The van der Waals surface area contributed by atoms with Crippen LogP contribution in [0.15, 0.2) is 54.6 Å². The maximum Gasteiger partial charge on any atom is 0.223 e. The number of amides is 1. The molecule has 1 N–H and O–H groups in total. The van der Waals surface area contributed by atoms with E-state index in [4.69, 9.17) is 0 Å². The molecule has 7 heteroatoms. The van der Waals surface area contributed by atoms with Crippen molar-refractivity contribution in [1.82, 2.24) is 14.5 Å². The van der Waals surface area contributed by atoms with Crippen LogP contribution in [0.4, 0.5) is 0 Å². The van der Waals surface area contributed by atoms with Gasteiger partial charge in [-0.3, -0.25) is 9.69 Å². The topological polar surface area (TPSA) is 69.7 Å². The molecule has 0 bridgehead atoms. The van der Waals surface area contributed by atoms with Crippen LogP contribution in [0.1, 0.15) is 55.2 Å². The summed E-state index contributed by atoms with van der Waals surface area (Å²) in [5, 5.41) is 3.09. The molecular weight excluding hydrogens is 458 g/mol. The Morgan fingerprint density at radius 3 is 2.29 bits per heavy atom. The van der Waals surface area contributed by atoms with E-state index in [1.807, 2.05) is 30.3 Å². The number of aryl methyl sites for hydroxylation is 1. The molecule has 6 nitrogen and oxygen atoms in total. The van der Waals surface area contributed by atoms with E-state index in [0.717, 1.165) is 24.1 Å². The molecule has 4 rings (SSSR count). The summed E-state index contributed by atoms with van der Waals surface area (Å²) in [5.74, 6) is 0.0712. The molecule has 2 aromatic rings. The van der Waals surface area contributed by atoms with Gasteiger partial charge in [0, 0.05) is 32.1 Å². The van der Waals surface area contributed by atoms with Gasteiger partial charge in [0.15, 0.2) is 0 Å². The monoisotopic (exact) mass is 497 g/mol. The van der Waals surface area contributed by atoms with Crippen LogP contribution >= 0.6 is 0 Å². The molecule has 0 spiro atoms. The molecule has 2 aromatic carbocycles. The van der Waals surface area contributed by atoms with Crippen molar-refractivity contribution in [2.45, 2.75) is 58.0 Å². The Bertz CT molecular complexity index is 1040. The number of benzene rings is 2. The lowest BCUT2D eigenvalue weighted by atomic mass is 9.97. The number of carbonyl (C=O) groups is 1. The zero-order valence-corrected chi connectivity index (χ0v) is 21.5. The zero-order valence-electron chi connectivity index (χ0n) is 20.7. The number of sulfonamides is 1. The highest BCUT2D eigenvalue weighted by Gasteiger charge is 2.30. The molecule has 2 heterocycles. The summed E-state index contributed by atoms with van der Waals surface area (Å²) in [6.45, 7) is 4.68. The lowest BCUT2D eigenvalue weighted by Crippen LogP contribution is -2.43. The summed E-state index contributed by atoms with van der Waals surface area (Å²) in [5.41, 5.74) is 3.57. The van der Waals surface area contributed by atoms with Crippen LogP contribution in [0.25, 0.3) is 0 Å². The molecule has 2 aliphatic heterocycles. The molecule has 0 aromatic heterocycles. The highest BCUT2D eigenvalue weighted by atomic mass is 32.2. The first-order valence-electron chi connectivity index (χ1n) is 13.1. The van der Waals surface area contributed by atoms with Gasteiger partial charge in [-0.2, -0.15) is 0 Å². The Morgan fingerprint density at radius 1 is 0.857 bits per heavy atom. The fraction of sp³-hybridized carbons (Fsp3) is 0.536. The third kappa shape index (κ3) is 7.89. The summed E-state index contributed by atoms with van der Waals surface area (Å²) < 4.78 is 27.1. The Morgan fingerprint density at radius 2 is 1.54 bits per heavy atom. The van der Waals surface area contributed by atoms with E-state index in [0.29, 0.717) is 38.9 Å². The Balaban J connectivity index is 1.19. The van der Waals surface area contributed by atoms with Gasteiger partial charge in [-0.15, -0.1) is 0 Å². The van der Waals surface area contributed by atoms with Crippen LogP contribution in [0.5, 0.6) is 0 Å². The van der Waals surface area contributed by atoms with Crippen molar-refractivity contribution < 1.29 is 13.2 Å². The Kier molecular flexibility index (Phi) is 9.35. The van der Waals surface area contributed by atoms with Crippen molar-refractivity contribution in [2.24, 2.45) is 5.92 Å². The van der Waals surface area contributed by atoms with Crippen molar-refractivity contribution in [2.75, 3.05) is 31.9 Å². The van der Waals surface area contributed by atoms with Crippen molar-refractivity contribution in [3.63, 3.8) is 0 Å². The van der Waals surface area contributed by atoms with Crippen LogP contribution in [-0.2, 0) is 34.3 Å². The van der Waals surface area contributed by atoms with Gasteiger partial charge in [0.25, 0.3) is 0 Å². The van der Waals surface area contributed by atoms with Crippen LogP contribution < -0.4 is 5.32 Å². The molecule has 190 valence electrons. The van der Waals surface area contributed by atoms with Gasteiger partial charge in [-0.05, 0) is 68.3 Å². The minimum Gasteiger partial charge on any atom is -0.352 e. The van der Waals surface area contributed by atoms with E-state index < -0.39 is 10.0 Å². The highest BCUT2D eigenvalue weighted by Crippen LogP contribution is 2.21. The number of piperidine rings is 2. The van der Waals surface area contributed by atoms with E-state index in [2.05, 4.69) is 34.5 Å². The normalized spacial score (nSPS) is 18.4. The fourth-order valence-electron chi connectivity index (χ4n) is 5.18. The zero-order chi connectivity index (χ0) is 24.5. The van der Waals surface area contributed by atoms with E-state index in [9.17, 15) is 13.2 Å². The molecule has 1 amide bonds. The second-order valence-electron chi connectivity index (χ2n) is 9.95. The maximum absolute atomic E-state index is 12.8. The molecule has 2 saturated heterocycles. The van der Waals surface area contributed by atoms with E-state index in [1.54, 1.807) is 4.31 Å². The molecule has 0 radical (unpaired) electrons. The molecule has 0 aliphatic carbocycles. The average Bonchev–Trinajstić information content (AvgIpc) is 2.89. The molecule has 35 heavy (non-hydrogen) atoms. The predicted octanol–water partition coefficient (Wildman–Crippen LogP) is 3.96. The summed E-state index contributed by atoms with van der Waals surface area (Å²) in [6.07, 6.45) is 6.44. The summed E-state index contributed by atoms with van der Waals surface area (Å²) in [6, 6.07) is 18.5. The Hall–Kier alpha value is -2.22.